The maximum atomic E-state index is 13.9. The molecule has 0 bridgehead atoms. The molecule has 5 rings (SSSR count). The number of para-hydroxylation sites is 2. The topological polar surface area (TPSA) is 53.4 Å². The standard InChI is InChI=1S/C24H27F2N5O/c25-24(26)31-21-7-2-1-6-20(21)28-22(31)18-4-3-5-19(16-18)29-12-14-30(15-13-29)23(32)17-8-10-27-11-9-17/h1-7,16-17,24,27H,8-15H2. The number of rotatable bonds is 4. The molecule has 0 saturated carbocycles. The number of imidazole rings is 1. The quantitative estimate of drug-likeness (QED) is 0.673. The van der Waals surface area contributed by atoms with Crippen LogP contribution in [0.4, 0.5) is 14.5 Å². The van der Waals surface area contributed by atoms with Crippen molar-refractivity contribution < 1.29 is 13.6 Å². The number of nitrogens with zero attached hydrogens (tertiary/aromatic N) is 4. The Kier molecular flexibility index (Phi) is 5.78. The van der Waals surface area contributed by atoms with Gasteiger partial charge in [-0.1, -0.05) is 24.3 Å². The molecule has 6 nitrogen and oxygen atoms in total. The summed E-state index contributed by atoms with van der Waals surface area (Å²) in [7, 11) is 0. The van der Waals surface area contributed by atoms with Gasteiger partial charge in [-0.25, -0.2) is 4.98 Å². The van der Waals surface area contributed by atoms with E-state index in [1.165, 1.54) is 0 Å². The largest absolute Gasteiger partial charge is 0.368 e. The summed E-state index contributed by atoms with van der Waals surface area (Å²) < 4.78 is 28.7. The van der Waals surface area contributed by atoms with Gasteiger partial charge in [0.25, 0.3) is 0 Å². The summed E-state index contributed by atoms with van der Waals surface area (Å²) in [6.07, 6.45) is 1.82. The van der Waals surface area contributed by atoms with Crippen molar-refractivity contribution in [2.24, 2.45) is 5.92 Å². The molecule has 1 N–H and O–H groups in total. The molecule has 0 spiro atoms. The van der Waals surface area contributed by atoms with Crippen LogP contribution in [0.5, 0.6) is 0 Å². The summed E-state index contributed by atoms with van der Waals surface area (Å²) in [6, 6.07) is 14.6. The van der Waals surface area contributed by atoms with Crippen molar-refractivity contribution in [3.63, 3.8) is 0 Å². The van der Waals surface area contributed by atoms with Crippen LogP contribution in [0.15, 0.2) is 48.5 Å². The zero-order chi connectivity index (χ0) is 22.1. The average Bonchev–Trinajstić information content (AvgIpc) is 3.24. The van der Waals surface area contributed by atoms with Crippen molar-refractivity contribution in [2.45, 2.75) is 19.4 Å². The second-order valence-electron chi connectivity index (χ2n) is 8.46. The highest BCUT2D eigenvalue weighted by atomic mass is 19.3. The molecule has 2 aliphatic heterocycles. The van der Waals surface area contributed by atoms with Crippen LogP contribution in [0.3, 0.4) is 0 Å². The predicted octanol–water partition coefficient (Wildman–Crippen LogP) is 3.75. The number of halogens is 2. The summed E-state index contributed by atoms with van der Waals surface area (Å²) in [5.41, 5.74) is 2.60. The normalized spacial score (nSPS) is 18.0. The van der Waals surface area contributed by atoms with Crippen molar-refractivity contribution in [1.82, 2.24) is 19.8 Å². The Hall–Kier alpha value is -3.00. The minimum atomic E-state index is -2.68. The van der Waals surface area contributed by atoms with E-state index in [9.17, 15) is 13.6 Å². The van der Waals surface area contributed by atoms with Crippen LogP contribution >= 0.6 is 0 Å². The summed E-state index contributed by atoms with van der Waals surface area (Å²) in [6.45, 7) is 1.96. The van der Waals surface area contributed by atoms with Crippen molar-refractivity contribution >= 4 is 22.6 Å². The Morgan fingerprint density at radius 2 is 1.75 bits per heavy atom. The van der Waals surface area contributed by atoms with Crippen molar-refractivity contribution in [2.75, 3.05) is 44.2 Å². The third-order valence-corrected chi connectivity index (χ3v) is 6.54. The molecule has 0 aliphatic carbocycles. The highest BCUT2D eigenvalue weighted by Crippen LogP contribution is 2.32. The molecule has 168 valence electrons. The van der Waals surface area contributed by atoms with Crippen molar-refractivity contribution in [3.05, 3.63) is 48.5 Å². The van der Waals surface area contributed by atoms with E-state index in [0.717, 1.165) is 49.3 Å². The molecule has 3 heterocycles. The lowest BCUT2D eigenvalue weighted by molar-refractivity contribution is -0.136. The smallest absolute Gasteiger partial charge is 0.320 e. The number of carbonyl (C=O) groups excluding carboxylic acids is 1. The van der Waals surface area contributed by atoms with Gasteiger partial charge in [0.15, 0.2) is 0 Å². The molecule has 0 atom stereocenters. The van der Waals surface area contributed by atoms with Gasteiger partial charge in [-0.2, -0.15) is 8.78 Å². The highest BCUT2D eigenvalue weighted by Gasteiger charge is 2.28. The molecule has 3 aromatic rings. The van der Waals surface area contributed by atoms with Crippen LogP contribution in [0.1, 0.15) is 19.4 Å². The molecule has 1 amide bonds. The highest BCUT2D eigenvalue weighted by molar-refractivity contribution is 5.81. The van der Waals surface area contributed by atoms with Crippen molar-refractivity contribution in [1.29, 1.82) is 0 Å². The first kappa shape index (κ1) is 20.9. The number of amides is 1. The maximum absolute atomic E-state index is 13.9. The van der Waals surface area contributed by atoms with Crippen LogP contribution in [0.2, 0.25) is 0 Å². The number of piperazine rings is 1. The Morgan fingerprint density at radius 3 is 2.50 bits per heavy atom. The number of hydrogen-bond donors (Lipinski definition) is 1. The second kappa shape index (κ2) is 8.86. The van der Waals surface area contributed by atoms with Gasteiger partial charge in [0, 0.05) is 43.3 Å². The summed E-state index contributed by atoms with van der Waals surface area (Å²) in [4.78, 5) is 21.5. The van der Waals surface area contributed by atoms with E-state index in [4.69, 9.17) is 0 Å². The number of nitrogens with one attached hydrogen (secondary N) is 1. The van der Waals surface area contributed by atoms with Gasteiger partial charge in [0.1, 0.15) is 5.82 Å². The van der Waals surface area contributed by atoms with Gasteiger partial charge < -0.3 is 15.1 Å². The van der Waals surface area contributed by atoms with E-state index >= 15 is 0 Å². The predicted molar refractivity (Wildman–Crippen MR) is 121 cm³/mol. The van der Waals surface area contributed by atoms with Crippen LogP contribution < -0.4 is 10.2 Å². The zero-order valence-corrected chi connectivity index (χ0v) is 17.9. The van der Waals surface area contributed by atoms with E-state index in [0.29, 0.717) is 29.7 Å². The number of carbonyl (C=O) groups is 1. The molecule has 0 unspecified atom stereocenters. The third kappa shape index (κ3) is 3.95. The van der Waals surface area contributed by atoms with Gasteiger partial charge in [0.05, 0.1) is 11.0 Å². The molecule has 2 aromatic carbocycles. The molecule has 1 aromatic heterocycles. The van der Waals surface area contributed by atoms with Crippen LogP contribution in [-0.4, -0.2) is 59.6 Å². The van der Waals surface area contributed by atoms with Gasteiger partial charge in [-0.05, 0) is 50.2 Å². The monoisotopic (exact) mass is 439 g/mol. The number of aromatic nitrogens is 2. The van der Waals surface area contributed by atoms with E-state index < -0.39 is 6.55 Å². The van der Waals surface area contributed by atoms with E-state index in [1.807, 2.05) is 29.2 Å². The number of anilines is 1. The van der Waals surface area contributed by atoms with Crippen LogP contribution in [0, 0.1) is 5.92 Å². The molecular weight excluding hydrogens is 412 g/mol. The van der Waals surface area contributed by atoms with E-state index in [-0.39, 0.29) is 17.6 Å². The average molecular weight is 440 g/mol. The van der Waals surface area contributed by atoms with E-state index in [1.54, 1.807) is 24.3 Å². The lowest BCUT2D eigenvalue weighted by Gasteiger charge is -2.38. The first-order valence-electron chi connectivity index (χ1n) is 11.2. The van der Waals surface area contributed by atoms with Gasteiger partial charge in [0.2, 0.25) is 5.91 Å². The van der Waals surface area contributed by atoms with Gasteiger partial charge in [-0.15, -0.1) is 0 Å². The van der Waals surface area contributed by atoms with Crippen LogP contribution in [0.25, 0.3) is 22.4 Å². The number of piperidine rings is 1. The van der Waals surface area contributed by atoms with Gasteiger partial charge in [-0.3, -0.25) is 9.36 Å². The Labute approximate surface area is 185 Å². The molecule has 8 heteroatoms. The Balaban J connectivity index is 1.34. The lowest BCUT2D eigenvalue weighted by atomic mass is 9.96. The molecule has 2 fully saturated rings. The molecule has 2 aliphatic rings. The maximum Gasteiger partial charge on any atom is 0.320 e. The van der Waals surface area contributed by atoms with Crippen molar-refractivity contribution in [3.8, 4) is 11.4 Å². The number of hydrogen-bond acceptors (Lipinski definition) is 4. The fourth-order valence-corrected chi connectivity index (χ4v) is 4.80. The molecule has 32 heavy (non-hydrogen) atoms. The fourth-order valence-electron chi connectivity index (χ4n) is 4.80. The Morgan fingerprint density at radius 1 is 1.00 bits per heavy atom. The number of alkyl halides is 2. The molecular formula is C24H27F2N5O. The minimum Gasteiger partial charge on any atom is -0.368 e. The third-order valence-electron chi connectivity index (χ3n) is 6.54. The fraction of sp³-hybridized carbons (Fsp3) is 0.417. The van der Waals surface area contributed by atoms with E-state index in [2.05, 4.69) is 15.2 Å². The first-order chi connectivity index (χ1) is 15.6. The second-order valence-corrected chi connectivity index (χ2v) is 8.46. The summed E-state index contributed by atoms with van der Waals surface area (Å²) in [5, 5.41) is 3.31. The number of benzene rings is 2. The summed E-state index contributed by atoms with van der Waals surface area (Å²) >= 11 is 0. The minimum absolute atomic E-state index is 0.133. The molecule has 2 saturated heterocycles. The summed E-state index contributed by atoms with van der Waals surface area (Å²) in [5.74, 6) is 0.668. The Bertz CT molecular complexity index is 1100. The first-order valence-corrected chi connectivity index (χ1v) is 11.2. The van der Waals surface area contributed by atoms with Gasteiger partial charge >= 0.3 is 6.55 Å². The SMILES string of the molecule is O=C(C1CCNCC1)N1CCN(c2cccc(-c3nc4ccccc4n3C(F)F)c2)CC1. The molecule has 0 radical (unpaired) electrons. The number of fused-ring (bicyclic) bond motifs is 1. The van der Waals surface area contributed by atoms with Crippen LogP contribution in [-0.2, 0) is 4.79 Å². The zero-order valence-electron chi connectivity index (χ0n) is 17.9. The lowest BCUT2D eigenvalue weighted by Crippen LogP contribution is -2.51.